The molecule has 3 rings (SSSR count). The molecule has 1 saturated heterocycles. The van der Waals surface area contributed by atoms with Gasteiger partial charge in [0.1, 0.15) is 6.54 Å². The molecule has 146 valence electrons. The Kier molecular flexibility index (Phi) is 5.53. The lowest BCUT2D eigenvalue weighted by Gasteiger charge is -2.18. The van der Waals surface area contributed by atoms with Crippen molar-refractivity contribution in [1.29, 1.82) is 0 Å². The van der Waals surface area contributed by atoms with Crippen LogP contribution in [0.3, 0.4) is 0 Å². The maximum Gasteiger partial charge on any atom is 0.325 e. The third-order valence-electron chi connectivity index (χ3n) is 4.11. The van der Waals surface area contributed by atoms with E-state index in [0.717, 1.165) is 12.1 Å². The van der Waals surface area contributed by atoms with Crippen LogP contribution in [0.2, 0.25) is 0 Å². The molecule has 0 aromatic heterocycles. The Bertz CT molecular complexity index is 935. The number of nitrogens with zero attached hydrogens (tertiary/aromatic N) is 2. The average Bonchev–Trinajstić information content (AvgIpc) is 2.97. The van der Waals surface area contributed by atoms with Gasteiger partial charge in [-0.25, -0.2) is 13.6 Å². The number of rotatable bonds is 5. The monoisotopic (exact) mass is 388 g/mol. The summed E-state index contributed by atoms with van der Waals surface area (Å²) in [5, 5.41) is 5.27. The normalized spacial score (nSPS) is 13.6. The van der Waals surface area contributed by atoms with Crippen LogP contribution in [0, 0.1) is 11.6 Å². The van der Waals surface area contributed by atoms with Gasteiger partial charge >= 0.3 is 6.03 Å². The predicted molar refractivity (Wildman–Crippen MR) is 100 cm³/mol. The lowest BCUT2D eigenvalue weighted by molar-refractivity contribution is -0.116. The fraction of sp³-hybridized carbons (Fsp3) is 0.211. The number of halogens is 2. The summed E-state index contributed by atoms with van der Waals surface area (Å²) in [5.41, 5.74) is 1.24. The van der Waals surface area contributed by atoms with Gasteiger partial charge in [0.2, 0.25) is 11.8 Å². The van der Waals surface area contributed by atoms with Crippen LogP contribution in [0.1, 0.15) is 6.92 Å². The minimum absolute atomic E-state index is 0.191. The van der Waals surface area contributed by atoms with E-state index < -0.39 is 23.6 Å². The molecular weight excluding hydrogens is 370 g/mol. The van der Waals surface area contributed by atoms with Crippen molar-refractivity contribution in [3.8, 4) is 0 Å². The van der Waals surface area contributed by atoms with Crippen molar-refractivity contribution >= 4 is 34.9 Å². The smallest absolute Gasteiger partial charge is 0.325 e. The van der Waals surface area contributed by atoms with Crippen LogP contribution in [0.4, 0.5) is 30.6 Å². The quantitative estimate of drug-likeness (QED) is 0.827. The van der Waals surface area contributed by atoms with E-state index in [1.807, 2.05) is 0 Å². The molecule has 0 aliphatic carbocycles. The highest BCUT2D eigenvalue weighted by Crippen LogP contribution is 2.22. The van der Waals surface area contributed by atoms with Gasteiger partial charge in [-0.2, -0.15) is 0 Å². The lowest BCUT2D eigenvalue weighted by atomic mass is 10.2. The van der Waals surface area contributed by atoms with Crippen molar-refractivity contribution in [2.75, 3.05) is 35.2 Å². The van der Waals surface area contributed by atoms with Gasteiger partial charge < -0.3 is 15.5 Å². The first-order chi connectivity index (χ1) is 13.3. The highest BCUT2D eigenvalue weighted by Gasteiger charge is 2.31. The third-order valence-corrected chi connectivity index (χ3v) is 4.11. The number of benzene rings is 2. The minimum Gasteiger partial charge on any atom is -0.326 e. The van der Waals surface area contributed by atoms with Crippen molar-refractivity contribution < 1.29 is 23.2 Å². The zero-order chi connectivity index (χ0) is 20.3. The first kappa shape index (κ1) is 19.3. The molecule has 28 heavy (non-hydrogen) atoms. The summed E-state index contributed by atoms with van der Waals surface area (Å²) in [6, 6.07) is 9.36. The molecule has 0 atom stereocenters. The van der Waals surface area contributed by atoms with E-state index in [-0.39, 0.29) is 31.2 Å². The highest BCUT2D eigenvalue weighted by atomic mass is 19.2. The maximum absolute atomic E-state index is 13.4. The summed E-state index contributed by atoms with van der Waals surface area (Å²) >= 11 is 0. The number of nitrogens with one attached hydrogen (secondary N) is 2. The van der Waals surface area contributed by atoms with Gasteiger partial charge in [-0.1, -0.05) is 6.07 Å². The minimum atomic E-state index is -1.04. The molecule has 0 bridgehead atoms. The Morgan fingerprint density at radius 1 is 1.00 bits per heavy atom. The van der Waals surface area contributed by atoms with Gasteiger partial charge in [-0.15, -0.1) is 0 Å². The fourth-order valence-corrected chi connectivity index (χ4v) is 2.87. The summed E-state index contributed by atoms with van der Waals surface area (Å²) in [4.78, 5) is 38.5. The van der Waals surface area contributed by atoms with Gasteiger partial charge in [0.25, 0.3) is 0 Å². The Labute approximate surface area is 159 Å². The molecule has 1 aliphatic heterocycles. The SMILES string of the molecule is CC(=O)Nc1cccc(NC(=O)CN2CCN(c3ccc(F)c(F)c3)C2=O)c1. The molecule has 2 N–H and O–H groups in total. The fourth-order valence-electron chi connectivity index (χ4n) is 2.87. The summed E-state index contributed by atoms with van der Waals surface area (Å²) in [7, 11) is 0. The van der Waals surface area contributed by atoms with E-state index in [9.17, 15) is 23.2 Å². The van der Waals surface area contributed by atoms with Gasteiger partial charge in [-0.3, -0.25) is 14.5 Å². The highest BCUT2D eigenvalue weighted by molar-refractivity contribution is 5.99. The number of carbonyl (C=O) groups is 3. The van der Waals surface area contributed by atoms with Crippen molar-refractivity contribution in [2.45, 2.75) is 6.92 Å². The van der Waals surface area contributed by atoms with E-state index in [4.69, 9.17) is 0 Å². The Morgan fingerprint density at radius 2 is 1.71 bits per heavy atom. The zero-order valence-corrected chi connectivity index (χ0v) is 15.0. The molecule has 2 aromatic rings. The zero-order valence-electron chi connectivity index (χ0n) is 15.0. The summed E-state index contributed by atoms with van der Waals surface area (Å²) < 4.78 is 26.5. The van der Waals surface area contributed by atoms with Crippen LogP contribution in [0.25, 0.3) is 0 Å². The van der Waals surface area contributed by atoms with Crippen LogP contribution < -0.4 is 15.5 Å². The van der Waals surface area contributed by atoms with Crippen molar-refractivity contribution in [3.63, 3.8) is 0 Å². The molecule has 9 heteroatoms. The van der Waals surface area contributed by atoms with Crippen LogP contribution >= 0.6 is 0 Å². The standard InChI is InChI=1S/C19H18F2N4O3/c1-12(26)22-13-3-2-4-14(9-13)23-18(27)11-24-7-8-25(19(24)28)15-5-6-16(20)17(21)10-15/h2-6,9-10H,7-8,11H2,1H3,(H,22,26)(H,23,27). The largest absolute Gasteiger partial charge is 0.326 e. The Balaban J connectivity index is 1.61. The number of hydrogen-bond acceptors (Lipinski definition) is 3. The molecule has 0 saturated carbocycles. The molecule has 0 unspecified atom stereocenters. The van der Waals surface area contributed by atoms with Gasteiger partial charge in [0, 0.05) is 43.1 Å². The topological polar surface area (TPSA) is 81.8 Å². The van der Waals surface area contributed by atoms with Gasteiger partial charge in [0.05, 0.1) is 0 Å². The van der Waals surface area contributed by atoms with Crippen molar-refractivity contribution in [3.05, 3.63) is 54.1 Å². The molecule has 0 spiro atoms. The van der Waals surface area contributed by atoms with Crippen molar-refractivity contribution in [1.82, 2.24) is 4.90 Å². The molecule has 4 amide bonds. The molecule has 0 radical (unpaired) electrons. The second kappa shape index (κ2) is 8.03. The molecule has 1 heterocycles. The summed E-state index contributed by atoms with van der Waals surface area (Å²) in [6.07, 6.45) is 0. The average molecular weight is 388 g/mol. The van der Waals surface area contributed by atoms with E-state index in [1.165, 1.54) is 22.8 Å². The van der Waals surface area contributed by atoms with E-state index >= 15 is 0 Å². The van der Waals surface area contributed by atoms with Gasteiger partial charge in [-0.05, 0) is 30.3 Å². The molecular formula is C19H18F2N4O3. The summed E-state index contributed by atoms with van der Waals surface area (Å²) in [5.74, 6) is -2.68. The van der Waals surface area contributed by atoms with E-state index in [2.05, 4.69) is 10.6 Å². The number of amides is 4. The lowest BCUT2D eigenvalue weighted by Crippen LogP contribution is -2.37. The van der Waals surface area contributed by atoms with Crippen LogP contribution in [0.15, 0.2) is 42.5 Å². The summed E-state index contributed by atoms with van der Waals surface area (Å²) in [6.45, 7) is 1.72. The maximum atomic E-state index is 13.4. The van der Waals surface area contributed by atoms with E-state index in [0.29, 0.717) is 11.4 Å². The van der Waals surface area contributed by atoms with Crippen LogP contribution in [0.5, 0.6) is 0 Å². The first-order valence-corrected chi connectivity index (χ1v) is 8.52. The number of anilines is 3. The second-order valence-corrected chi connectivity index (χ2v) is 6.26. The first-order valence-electron chi connectivity index (χ1n) is 8.52. The number of hydrogen-bond donors (Lipinski definition) is 2. The molecule has 2 aromatic carbocycles. The number of carbonyl (C=O) groups excluding carboxylic acids is 3. The van der Waals surface area contributed by atoms with E-state index in [1.54, 1.807) is 24.3 Å². The van der Waals surface area contributed by atoms with Crippen LogP contribution in [-0.4, -0.2) is 42.4 Å². The number of urea groups is 1. The predicted octanol–water partition coefficient (Wildman–Crippen LogP) is 2.80. The van der Waals surface area contributed by atoms with Crippen molar-refractivity contribution in [2.24, 2.45) is 0 Å². The Hall–Kier alpha value is -3.49. The Morgan fingerprint density at radius 3 is 2.39 bits per heavy atom. The second-order valence-electron chi connectivity index (χ2n) is 6.26. The molecule has 7 nitrogen and oxygen atoms in total. The third kappa shape index (κ3) is 4.43. The van der Waals surface area contributed by atoms with Crippen LogP contribution in [-0.2, 0) is 9.59 Å². The molecule has 1 fully saturated rings. The van der Waals surface area contributed by atoms with Gasteiger partial charge in [0.15, 0.2) is 11.6 Å². The molecule has 1 aliphatic rings.